The highest BCUT2D eigenvalue weighted by Crippen LogP contribution is 2.31. The number of aromatic carboxylic acids is 1. The smallest absolute Gasteiger partial charge is 0.335 e. The van der Waals surface area contributed by atoms with Gasteiger partial charge in [-0.3, -0.25) is 0 Å². The largest absolute Gasteiger partial charge is 0.478 e. The minimum absolute atomic E-state index is 0.0599. The first-order valence-electron chi connectivity index (χ1n) is 5.80. The SMILES string of the molecule is O=C(O)c1ccc(CS(=O)(=O)c2c(Cl)cccc2Cl)cc1. The second-order valence-corrected chi connectivity index (χ2v) is 7.05. The normalized spacial score (nSPS) is 11.3. The highest BCUT2D eigenvalue weighted by molar-refractivity contribution is 7.90. The van der Waals surface area contributed by atoms with Crippen LogP contribution in [0.5, 0.6) is 0 Å². The summed E-state index contributed by atoms with van der Waals surface area (Å²) in [6, 6.07) is 10.1. The molecule has 0 aliphatic carbocycles. The zero-order valence-corrected chi connectivity index (χ0v) is 12.9. The van der Waals surface area contributed by atoms with E-state index in [0.29, 0.717) is 5.56 Å². The minimum atomic E-state index is -3.72. The van der Waals surface area contributed by atoms with Crippen LogP contribution in [0.3, 0.4) is 0 Å². The maximum Gasteiger partial charge on any atom is 0.335 e. The van der Waals surface area contributed by atoms with E-state index < -0.39 is 15.8 Å². The third-order valence-electron chi connectivity index (χ3n) is 2.79. The Labute approximate surface area is 131 Å². The molecule has 7 heteroatoms. The van der Waals surface area contributed by atoms with Crippen LogP contribution in [0.2, 0.25) is 10.0 Å². The standard InChI is InChI=1S/C14H10Cl2O4S/c15-11-2-1-3-12(16)13(11)21(19,20)8-9-4-6-10(7-5-9)14(17)18/h1-7H,8H2,(H,17,18). The lowest BCUT2D eigenvalue weighted by Gasteiger charge is -2.08. The van der Waals surface area contributed by atoms with Crippen molar-refractivity contribution in [3.05, 3.63) is 63.6 Å². The van der Waals surface area contributed by atoms with E-state index in [0.717, 1.165) is 0 Å². The molecule has 0 aromatic heterocycles. The second kappa shape index (κ2) is 6.05. The number of carboxylic acids is 1. The maximum atomic E-state index is 12.4. The molecular formula is C14H10Cl2O4S. The van der Waals surface area contributed by atoms with Gasteiger partial charge in [-0.25, -0.2) is 13.2 Å². The summed E-state index contributed by atoms with van der Waals surface area (Å²) in [5.74, 6) is -1.38. The van der Waals surface area contributed by atoms with Gasteiger partial charge in [-0.05, 0) is 29.8 Å². The summed E-state index contributed by atoms with van der Waals surface area (Å²) in [6.45, 7) is 0. The number of hydrogen-bond donors (Lipinski definition) is 1. The molecule has 2 rings (SSSR count). The van der Waals surface area contributed by atoms with Crippen molar-refractivity contribution in [1.82, 2.24) is 0 Å². The van der Waals surface area contributed by atoms with Crippen LogP contribution in [-0.4, -0.2) is 19.5 Å². The molecule has 4 nitrogen and oxygen atoms in total. The lowest BCUT2D eigenvalue weighted by atomic mass is 10.1. The quantitative estimate of drug-likeness (QED) is 0.918. The molecule has 110 valence electrons. The van der Waals surface area contributed by atoms with Gasteiger partial charge >= 0.3 is 5.97 Å². The Morgan fingerprint density at radius 3 is 2.00 bits per heavy atom. The van der Waals surface area contributed by atoms with E-state index in [9.17, 15) is 13.2 Å². The lowest BCUT2D eigenvalue weighted by molar-refractivity contribution is 0.0697. The molecule has 0 spiro atoms. The van der Waals surface area contributed by atoms with Gasteiger partial charge in [0.25, 0.3) is 0 Å². The first-order chi connectivity index (χ1) is 9.81. The number of hydrogen-bond acceptors (Lipinski definition) is 3. The van der Waals surface area contributed by atoms with Crippen LogP contribution >= 0.6 is 23.2 Å². The Morgan fingerprint density at radius 1 is 1.00 bits per heavy atom. The van der Waals surface area contributed by atoms with Gasteiger partial charge in [-0.15, -0.1) is 0 Å². The average molecular weight is 345 g/mol. The first kappa shape index (κ1) is 15.8. The Balaban J connectivity index is 2.35. The Bertz CT molecular complexity index is 763. The van der Waals surface area contributed by atoms with Crippen LogP contribution in [0.25, 0.3) is 0 Å². The van der Waals surface area contributed by atoms with Gasteiger partial charge in [0.2, 0.25) is 0 Å². The van der Waals surface area contributed by atoms with Crippen molar-refractivity contribution < 1.29 is 18.3 Å². The van der Waals surface area contributed by atoms with Crippen molar-refractivity contribution in [2.24, 2.45) is 0 Å². The molecule has 0 saturated heterocycles. The molecule has 0 radical (unpaired) electrons. The summed E-state index contributed by atoms with van der Waals surface area (Å²) in [6.07, 6.45) is 0. The van der Waals surface area contributed by atoms with Crippen LogP contribution in [0.15, 0.2) is 47.4 Å². The molecule has 0 heterocycles. The predicted octanol–water partition coefficient (Wildman–Crippen LogP) is 3.67. The van der Waals surface area contributed by atoms with Crippen molar-refractivity contribution in [2.45, 2.75) is 10.6 Å². The molecule has 0 aliphatic heterocycles. The molecule has 2 aromatic carbocycles. The molecule has 2 aromatic rings. The summed E-state index contributed by atoms with van der Waals surface area (Å²) < 4.78 is 24.8. The summed E-state index contributed by atoms with van der Waals surface area (Å²) in [7, 11) is -3.72. The highest BCUT2D eigenvalue weighted by atomic mass is 35.5. The molecule has 0 bridgehead atoms. The fraction of sp³-hybridized carbons (Fsp3) is 0.0714. The van der Waals surface area contributed by atoms with E-state index in [1.807, 2.05) is 0 Å². The number of rotatable bonds is 4. The van der Waals surface area contributed by atoms with Crippen LogP contribution in [0, 0.1) is 0 Å². The van der Waals surface area contributed by atoms with Gasteiger partial charge in [-0.2, -0.15) is 0 Å². The Morgan fingerprint density at radius 2 is 1.52 bits per heavy atom. The molecule has 21 heavy (non-hydrogen) atoms. The van der Waals surface area contributed by atoms with E-state index >= 15 is 0 Å². The zero-order valence-electron chi connectivity index (χ0n) is 10.6. The van der Waals surface area contributed by atoms with Gasteiger partial charge in [0.05, 0.1) is 21.4 Å². The Hall–Kier alpha value is -1.56. The van der Waals surface area contributed by atoms with E-state index in [1.54, 1.807) is 6.07 Å². The number of benzene rings is 2. The molecule has 1 N–H and O–H groups in total. The van der Waals surface area contributed by atoms with Crippen LogP contribution in [0.4, 0.5) is 0 Å². The number of carbonyl (C=O) groups is 1. The fourth-order valence-electron chi connectivity index (χ4n) is 1.81. The van der Waals surface area contributed by atoms with Crippen LogP contribution in [-0.2, 0) is 15.6 Å². The third-order valence-corrected chi connectivity index (χ3v) is 5.42. The molecule has 0 fully saturated rings. The van der Waals surface area contributed by atoms with Crippen molar-refractivity contribution in [3.63, 3.8) is 0 Å². The number of sulfone groups is 1. The van der Waals surface area contributed by atoms with Gasteiger partial charge in [0.1, 0.15) is 4.90 Å². The van der Waals surface area contributed by atoms with Gasteiger partial charge in [-0.1, -0.05) is 41.4 Å². The molecule has 0 saturated carbocycles. The predicted molar refractivity (Wildman–Crippen MR) is 80.8 cm³/mol. The molecule has 0 unspecified atom stereocenters. The van der Waals surface area contributed by atoms with Crippen LogP contribution in [0.1, 0.15) is 15.9 Å². The van der Waals surface area contributed by atoms with Gasteiger partial charge in [0, 0.05) is 0 Å². The molecule has 0 atom stereocenters. The Kier molecular flexibility index (Phi) is 4.56. The van der Waals surface area contributed by atoms with E-state index in [-0.39, 0.29) is 26.3 Å². The van der Waals surface area contributed by atoms with Crippen molar-refractivity contribution in [1.29, 1.82) is 0 Å². The fourth-order valence-corrected chi connectivity index (χ4v) is 4.42. The molecular weight excluding hydrogens is 335 g/mol. The van der Waals surface area contributed by atoms with Crippen molar-refractivity contribution in [3.8, 4) is 0 Å². The summed E-state index contributed by atoms with van der Waals surface area (Å²) in [5, 5.41) is 8.93. The number of carboxylic acid groups (broad SMARTS) is 1. The number of halogens is 2. The summed E-state index contributed by atoms with van der Waals surface area (Å²) >= 11 is 11.8. The zero-order chi connectivity index (χ0) is 15.6. The second-order valence-electron chi connectivity index (χ2n) is 4.31. The third kappa shape index (κ3) is 3.56. The minimum Gasteiger partial charge on any atom is -0.478 e. The lowest BCUT2D eigenvalue weighted by Crippen LogP contribution is -2.07. The molecule has 0 amide bonds. The molecule has 0 aliphatic rings. The van der Waals surface area contributed by atoms with E-state index in [4.69, 9.17) is 28.3 Å². The monoisotopic (exact) mass is 344 g/mol. The van der Waals surface area contributed by atoms with E-state index in [1.165, 1.54) is 36.4 Å². The summed E-state index contributed by atoms with van der Waals surface area (Å²) in [5.41, 5.74) is 0.544. The first-order valence-corrected chi connectivity index (χ1v) is 8.21. The summed E-state index contributed by atoms with van der Waals surface area (Å²) in [4.78, 5) is 10.6. The average Bonchev–Trinajstić information content (AvgIpc) is 2.38. The van der Waals surface area contributed by atoms with Crippen LogP contribution < -0.4 is 0 Å². The topological polar surface area (TPSA) is 71.4 Å². The van der Waals surface area contributed by atoms with Crippen molar-refractivity contribution in [2.75, 3.05) is 0 Å². The van der Waals surface area contributed by atoms with E-state index in [2.05, 4.69) is 0 Å². The van der Waals surface area contributed by atoms with Gasteiger partial charge < -0.3 is 5.11 Å². The van der Waals surface area contributed by atoms with Crippen molar-refractivity contribution >= 4 is 39.0 Å². The maximum absolute atomic E-state index is 12.4. The highest BCUT2D eigenvalue weighted by Gasteiger charge is 2.22. The van der Waals surface area contributed by atoms with Gasteiger partial charge in [0.15, 0.2) is 9.84 Å².